The average Bonchev–Trinajstić information content (AvgIpc) is 3.00. The number of rotatable bonds is 5. The predicted molar refractivity (Wildman–Crippen MR) is 64.9 cm³/mol. The second-order valence-corrected chi connectivity index (χ2v) is 4.88. The quantitative estimate of drug-likeness (QED) is 0.904. The van der Waals surface area contributed by atoms with E-state index in [1.165, 1.54) is 0 Å². The predicted octanol–water partition coefficient (Wildman–Crippen LogP) is 2.61. The normalized spacial score (nSPS) is 22.9. The van der Waals surface area contributed by atoms with Crippen LogP contribution in [0.15, 0.2) is 22.7 Å². The first kappa shape index (κ1) is 11.7. The maximum Gasteiger partial charge on any atom is 0.161 e. The minimum Gasteiger partial charge on any atom is -0.493 e. The molecule has 1 fully saturated rings. The van der Waals surface area contributed by atoms with Gasteiger partial charge in [0.25, 0.3) is 0 Å². The van der Waals surface area contributed by atoms with Gasteiger partial charge in [0.05, 0.1) is 7.11 Å². The zero-order chi connectivity index (χ0) is 11.5. The minimum atomic E-state index is 0.238. The first-order chi connectivity index (χ1) is 7.74. The van der Waals surface area contributed by atoms with E-state index in [1.807, 2.05) is 18.2 Å². The molecule has 4 heteroatoms. The highest BCUT2D eigenvalue weighted by Gasteiger charge is 2.39. The summed E-state index contributed by atoms with van der Waals surface area (Å²) in [6.07, 6.45) is 2.09. The lowest BCUT2D eigenvalue weighted by molar-refractivity contribution is 0.238. The molecule has 1 aromatic rings. The molecule has 88 valence electrons. The van der Waals surface area contributed by atoms with Crippen LogP contribution in [0.25, 0.3) is 0 Å². The summed E-state index contributed by atoms with van der Waals surface area (Å²) in [6.45, 7) is 0.238. The summed E-state index contributed by atoms with van der Waals surface area (Å²) < 4.78 is 12.0. The maximum atomic E-state index is 8.81. The van der Waals surface area contributed by atoms with Gasteiger partial charge < -0.3 is 14.6 Å². The summed E-state index contributed by atoms with van der Waals surface area (Å²) in [5.74, 6) is 2.01. The smallest absolute Gasteiger partial charge is 0.161 e. The summed E-state index contributed by atoms with van der Waals surface area (Å²) in [4.78, 5) is 0. The molecule has 0 bridgehead atoms. The fourth-order valence-electron chi connectivity index (χ4n) is 1.74. The summed E-state index contributed by atoms with van der Waals surface area (Å²) in [5, 5.41) is 8.81. The van der Waals surface area contributed by atoms with E-state index in [9.17, 15) is 0 Å². The van der Waals surface area contributed by atoms with Crippen molar-refractivity contribution in [1.29, 1.82) is 0 Å². The first-order valence-electron chi connectivity index (χ1n) is 5.35. The largest absolute Gasteiger partial charge is 0.493 e. The van der Waals surface area contributed by atoms with Crippen LogP contribution >= 0.6 is 15.9 Å². The molecule has 1 saturated carbocycles. The summed E-state index contributed by atoms with van der Waals surface area (Å²) in [7, 11) is 1.63. The van der Waals surface area contributed by atoms with Crippen molar-refractivity contribution in [2.45, 2.75) is 18.9 Å². The van der Waals surface area contributed by atoms with Crippen LogP contribution < -0.4 is 9.47 Å². The van der Waals surface area contributed by atoms with Crippen molar-refractivity contribution >= 4 is 15.9 Å². The Morgan fingerprint density at radius 3 is 2.94 bits per heavy atom. The van der Waals surface area contributed by atoms with Crippen molar-refractivity contribution in [2.24, 2.45) is 5.92 Å². The lowest BCUT2D eigenvalue weighted by Crippen LogP contribution is -2.02. The second kappa shape index (κ2) is 5.06. The van der Waals surface area contributed by atoms with Crippen molar-refractivity contribution in [1.82, 2.24) is 0 Å². The number of halogens is 1. The van der Waals surface area contributed by atoms with Crippen molar-refractivity contribution in [2.75, 3.05) is 13.7 Å². The molecule has 2 rings (SSSR count). The van der Waals surface area contributed by atoms with Gasteiger partial charge in [0, 0.05) is 17.0 Å². The lowest BCUT2D eigenvalue weighted by Gasteiger charge is -2.10. The Labute approximate surface area is 104 Å². The molecule has 0 spiro atoms. The number of methoxy groups -OCH3 is 1. The zero-order valence-corrected chi connectivity index (χ0v) is 10.7. The van der Waals surface area contributed by atoms with Crippen molar-refractivity contribution < 1.29 is 14.6 Å². The number of ether oxygens (including phenoxy) is 2. The fraction of sp³-hybridized carbons (Fsp3) is 0.500. The molecular formula is C12H15BrO3. The third-order valence-electron chi connectivity index (χ3n) is 2.76. The Morgan fingerprint density at radius 2 is 2.25 bits per heavy atom. The number of aliphatic hydroxyl groups is 1. The van der Waals surface area contributed by atoms with Crippen LogP contribution in [0.5, 0.6) is 11.5 Å². The second-order valence-electron chi connectivity index (χ2n) is 3.96. The van der Waals surface area contributed by atoms with Crippen molar-refractivity contribution in [3.8, 4) is 11.5 Å². The molecule has 1 aliphatic rings. The van der Waals surface area contributed by atoms with Gasteiger partial charge in [0.1, 0.15) is 6.10 Å². The molecule has 3 nitrogen and oxygen atoms in total. The molecule has 0 heterocycles. The van der Waals surface area contributed by atoms with Crippen molar-refractivity contribution in [3.05, 3.63) is 22.7 Å². The van der Waals surface area contributed by atoms with E-state index in [1.54, 1.807) is 7.11 Å². The third kappa shape index (κ3) is 2.68. The molecular weight excluding hydrogens is 272 g/mol. The monoisotopic (exact) mass is 286 g/mol. The molecule has 2 unspecified atom stereocenters. The number of benzene rings is 1. The van der Waals surface area contributed by atoms with E-state index in [-0.39, 0.29) is 12.7 Å². The summed E-state index contributed by atoms with van der Waals surface area (Å²) in [6, 6.07) is 5.72. The molecule has 0 aromatic heterocycles. The number of aliphatic hydroxyl groups excluding tert-OH is 1. The number of hydrogen-bond donors (Lipinski definition) is 1. The first-order valence-corrected chi connectivity index (χ1v) is 6.15. The standard InChI is InChI=1S/C12H15BrO3/c1-15-12-7-9(13)2-3-10(12)16-11-6-8(11)4-5-14/h2-3,7-8,11,14H,4-6H2,1H3. The molecule has 1 aliphatic carbocycles. The minimum absolute atomic E-state index is 0.238. The van der Waals surface area contributed by atoms with E-state index in [4.69, 9.17) is 14.6 Å². The van der Waals surface area contributed by atoms with Crippen LogP contribution in [0.2, 0.25) is 0 Å². The Balaban J connectivity index is 1.99. The van der Waals surface area contributed by atoms with Crippen LogP contribution in [0.4, 0.5) is 0 Å². The van der Waals surface area contributed by atoms with E-state index in [0.717, 1.165) is 28.8 Å². The fourth-order valence-corrected chi connectivity index (χ4v) is 2.08. The zero-order valence-electron chi connectivity index (χ0n) is 9.15. The highest BCUT2D eigenvalue weighted by molar-refractivity contribution is 9.10. The van der Waals surface area contributed by atoms with Crippen LogP contribution in [0.3, 0.4) is 0 Å². The van der Waals surface area contributed by atoms with Crippen molar-refractivity contribution in [3.63, 3.8) is 0 Å². The van der Waals surface area contributed by atoms with Crippen LogP contribution in [0, 0.1) is 5.92 Å². The van der Waals surface area contributed by atoms with Crippen LogP contribution in [0.1, 0.15) is 12.8 Å². The highest BCUT2D eigenvalue weighted by atomic mass is 79.9. The van der Waals surface area contributed by atoms with Gasteiger partial charge in [-0.3, -0.25) is 0 Å². The summed E-state index contributed by atoms with van der Waals surface area (Å²) in [5.41, 5.74) is 0. The van der Waals surface area contributed by atoms with E-state index >= 15 is 0 Å². The van der Waals surface area contributed by atoms with Gasteiger partial charge in [-0.2, -0.15) is 0 Å². The Hall–Kier alpha value is -0.740. The van der Waals surface area contributed by atoms with E-state index in [2.05, 4.69) is 15.9 Å². The SMILES string of the molecule is COc1cc(Br)ccc1OC1CC1CCO. The van der Waals surface area contributed by atoms with Gasteiger partial charge in [-0.25, -0.2) is 0 Å². The summed E-state index contributed by atoms with van der Waals surface area (Å²) >= 11 is 3.39. The molecule has 0 amide bonds. The van der Waals surface area contributed by atoms with E-state index in [0.29, 0.717) is 5.92 Å². The maximum absolute atomic E-state index is 8.81. The molecule has 0 aliphatic heterocycles. The Kier molecular flexibility index (Phi) is 3.71. The van der Waals surface area contributed by atoms with Gasteiger partial charge in [0.15, 0.2) is 11.5 Å². The molecule has 16 heavy (non-hydrogen) atoms. The molecule has 1 aromatic carbocycles. The van der Waals surface area contributed by atoms with Crippen LogP contribution in [-0.2, 0) is 0 Å². The van der Waals surface area contributed by atoms with Gasteiger partial charge in [0.2, 0.25) is 0 Å². The molecule has 2 atom stereocenters. The Bertz CT molecular complexity index is 367. The Morgan fingerprint density at radius 1 is 1.44 bits per heavy atom. The van der Waals surface area contributed by atoms with E-state index < -0.39 is 0 Å². The van der Waals surface area contributed by atoms with Gasteiger partial charge in [-0.15, -0.1) is 0 Å². The van der Waals surface area contributed by atoms with Crippen LogP contribution in [-0.4, -0.2) is 24.9 Å². The third-order valence-corrected chi connectivity index (χ3v) is 3.25. The molecule has 0 radical (unpaired) electrons. The van der Waals surface area contributed by atoms with Gasteiger partial charge >= 0.3 is 0 Å². The van der Waals surface area contributed by atoms with Gasteiger partial charge in [-0.1, -0.05) is 15.9 Å². The molecule has 0 saturated heterocycles. The average molecular weight is 287 g/mol. The highest BCUT2D eigenvalue weighted by Crippen LogP contribution is 2.40. The topological polar surface area (TPSA) is 38.7 Å². The lowest BCUT2D eigenvalue weighted by atomic mass is 10.3. The molecule has 1 N–H and O–H groups in total. The van der Waals surface area contributed by atoms with Gasteiger partial charge in [-0.05, 0) is 31.0 Å². The number of hydrogen-bond acceptors (Lipinski definition) is 3.